The van der Waals surface area contributed by atoms with Crippen LogP contribution >= 0.6 is 27.5 Å². The van der Waals surface area contributed by atoms with Gasteiger partial charge in [-0.2, -0.15) is 26.7 Å². The SMILES string of the molecule is COc1cc(N2CC[C@@H](Oc3ccc(N4N=C(C(F)(F)F)[C@@H](C)C4COS(C)(=O)=O)c(Br)c3)[C@H](C)C2)c(Cl)cn1. The van der Waals surface area contributed by atoms with Gasteiger partial charge in [-0.05, 0) is 34.1 Å². The summed E-state index contributed by atoms with van der Waals surface area (Å²) in [5.74, 6) is 0.00289. The summed E-state index contributed by atoms with van der Waals surface area (Å²) in [6.45, 7) is 4.29. The number of anilines is 2. The van der Waals surface area contributed by atoms with Crippen molar-refractivity contribution in [2.24, 2.45) is 16.9 Å². The molecule has 2 aliphatic rings. The van der Waals surface area contributed by atoms with Crippen molar-refractivity contribution in [1.29, 1.82) is 0 Å². The fourth-order valence-corrected chi connectivity index (χ4v) is 5.98. The molecule has 4 rings (SSSR count). The van der Waals surface area contributed by atoms with Crippen LogP contribution in [0.1, 0.15) is 20.3 Å². The number of methoxy groups -OCH3 is 1. The first-order valence-electron chi connectivity index (χ1n) is 12.4. The minimum Gasteiger partial charge on any atom is -0.490 e. The Balaban J connectivity index is 1.49. The highest BCUT2D eigenvalue weighted by atomic mass is 79.9. The largest absolute Gasteiger partial charge is 0.490 e. The van der Waals surface area contributed by atoms with Gasteiger partial charge in [-0.3, -0.25) is 9.19 Å². The number of hydrazone groups is 1. The predicted octanol–water partition coefficient (Wildman–Crippen LogP) is 5.52. The van der Waals surface area contributed by atoms with Crippen LogP contribution in [0.15, 0.2) is 40.0 Å². The lowest BCUT2D eigenvalue weighted by Gasteiger charge is -2.38. The van der Waals surface area contributed by atoms with E-state index in [0.717, 1.165) is 17.0 Å². The second-order valence-electron chi connectivity index (χ2n) is 9.83. The number of pyridine rings is 1. The molecule has 1 fully saturated rings. The molecular weight excluding hydrogens is 641 g/mol. The fraction of sp³-hybridized carbons (Fsp3) is 0.520. The third-order valence-electron chi connectivity index (χ3n) is 6.92. The smallest absolute Gasteiger partial charge is 0.431 e. The Bertz CT molecular complexity index is 1380. The van der Waals surface area contributed by atoms with Crippen LogP contribution in [0, 0.1) is 11.8 Å². The third kappa shape index (κ3) is 6.94. The average molecular weight is 670 g/mol. The van der Waals surface area contributed by atoms with Gasteiger partial charge in [0.25, 0.3) is 10.1 Å². The molecular formula is C25H29BrClF3N4O5S. The van der Waals surface area contributed by atoms with Gasteiger partial charge in [0, 0.05) is 41.9 Å². The van der Waals surface area contributed by atoms with Crippen molar-refractivity contribution < 1.29 is 35.2 Å². The van der Waals surface area contributed by atoms with Crippen LogP contribution in [-0.4, -0.2) is 70.5 Å². The molecule has 2 aromatic rings. The van der Waals surface area contributed by atoms with Gasteiger partial charge < -0.3 is 14.4 Å². The van der Waals surface area contributed by atoms with Gasteiger partial charge in [-0.1, -0.05) is 25.4 Å². The highest BCUT2D eigenvalue weighted by molar-refractivity contribution is 9.10. The molecule has 40 heavy (non-hydrogen) atoms. The van der Waals surface area contributed by atoms with E-state index in [9.17, 15) is 21.6 Å². The van der Waals surface area contributed by atoms with Crippen LogP contribution in [0.3, 0.4) is 0 Å². The summed E-state index contributed by atoms with van der Waals surface area (Å²) in [6.07, 6.45) is -1.69. The average Bonchev–Trinajstić information content (AvgIpc) is 3.20. The predicted molar refractivity (Wildman–Crippen MR) is 150 cm³/mol. The fourth-order valence-electron chi connectivity index (χ4n) is 4.83. The van der Waals surface area contributed by atoms with Gasteiger partial charge in [0.15, 0.2) is 0 Å². The molecule has 3 heterocycles. The van der Waals surface area contributed by atoms with Crippen molar-refractivity contribution in [2.45, 2.75) is 38.6 Å². The lowest BCUT2D eigenvalue weighted by Crippen LogP contribution is -2.44. The summed E-state index contributed by atoms with van der Waals surface area (Å²) in [7, 11) is -2.33. The highest BCUT2D eigenvalue weighted by Crippen LogP contribution is 2.40. The zero-order chi connectivity index (χ0) is 29.4. The molecule has 0 spiro atoms. The summed E-state index contributed by atoms with van der Waals surface area (Å²) in [4.78, 5) is 6.27. The molecule has 4 atom stereocenters. The van der Waals surface area contributed by atoms with Gasteiger partial charge >= 0.3 is 6.18 Å². The van der Waals surface area contributed by atoms with E-state index in [0.29, 0.717) is 46.3 Å². The van der Waals surface area contributed by atoms with Crippen molar-refractivity contribution in [3.63, 3.8) is 0 Å². The Morgan fingerprint density at radius 3 is 2.52 bits per heavy atom. The Morgan fingerprint density at radius 1 is 1.20 bits per heavy atom. The zero-order valence-electron chi connectivity index (χ0n) is 22.2. The van der Waals surface area contributed by atoms with Crippen LogP contribution in [-0.2, 0) is 14.3 Å². The minimum absolute atomic E-state index is 0.117. The lowest BCUT2D eigenvalue weighted by atomic mass is 9.96. The molecule has 0 amide bonds. The molecule has 0 N–H and O–H groups in total. The molecule has 1 saturated heterocycles. The summed E-state index contributed by atoms with van der Waals surface area (Å²) in [5.41, 5.74) is 0.151. The van der Waals surface area contributed by atoms with Crippen LogP contribution in [0.2, 0.25) is 5.02 Å². The maximum atomic E-state index is 13.6. The monoisotopic (exact) mass is 668 g/mol. The molecule has 0 saturated carbocycles. The maximum Gasteiger partial charge on any atom is 0.431 e. The molecule has 0 aliphatic carbocycles. The van der Waals surface area contributed by atoms with E-state index in [1.54, 1.807) is 37.6 Å². The van der Waals surface area contributed by atoms with E-state index in [-0.39, 0.29) is 12.0 Å². The molecule has 0 radical (unpaired) electrons. The second-order valence-corrected chi connectivity index (χ2v) is 12.7. The third-order valence-corrected chi connectivity index (χ3v) is 8.41. The number of benzene rings is 1. The van der Waals surface area contributed by atoms with Crippen LogP contribution < -0.4 is 19.4 Å². The number of rotatable bonds is 8. The number of halogens is 5. The number of hydrogen-bond acceptors (Lipinski definition) is 9. The van der Waals surface area contributed by atoms with Crippen molar-refractivity contribution in [3.05, 3.63) is 40.0 Å². The number of ether oxygens (including phenoxy) is 2. The van der Waals surface area contributed by atoms with Crippen molar-refractivity contribution >= 4 is 54.7 Å². The van der Waals surface area contributed by atoms with E-state index >= 15 is 0 Å². The standard InChI is InChI=1S/C25H29BrClF3N4O5S/c1-14-12-33(20-10-23(37-3)31-11-18(20)27)8-7-22(14)39-16-5-6-19(17(26)9-16)34-21(13-38-40(4,35)36)15(2)24(32-34)25(28,29)30/h5-6,9-11,14-15,21-22H,7-8,12-13H2,1-4H3/t14-,15+,21?,22-/m1/s1. The van der Waals surface area contributed by atoms with Gasteiger partial charge in [0.05, 0.1) is 48.6 Å². The first kappa shape index (κ1) is 30.7. The molecule has 0 bridgehead atoms. The van der Waals surface area contributed by atoms with Crippen LogP contribution in [0.4, 0.5) is 24.5 Å². The number of alkyl halides is 3. The van der Waals surface area contributed by atoms with Gasteiger partial charge in [0.2, 0.25) is 5.88 Å². The molecule has 15 heteroatoms. The summed E-state index contributed by atoms with van der Waals surface area (Å²) in [6, 6.07) is 5.72. The summed E-state index contributed by atoms with van der Waals surface area (Å²) >= 11 is 9.81. The van der Waals surface area contributed by atoms with Gasteiger partial charge in [0.1, 0.15) is 17.6 Å². The molecule has 2 aliphatic heterocycles. The highest BCUT2D eigenvalue weighted by Gasteiger charge is 2.49. The zero-order valence-corrected chi connectivity index (χ0v) is 25.3. The number of hydrogen-bond donors (Lipinski definition) is 0. The number of piperidine rings is 1. The first-order valence-corrected chi connectivity index (χ1v) is 15.4. The van der Waals surface area contributed by atoms with Gasteiger partial charge in [-0.25, -0.2) is 4.98 Å². The Kier molecular flexibility index (Phi) is 9.13. The van der Waals surface area contributed by atoms with E-state index in [1.807, 2.05) is 0 Å². The number of aromatic nitrogens is 1. The van der Waals surface area contributed by atoms with E-state index in [1.165, 1.54) is 6.92 Å². The van der Waals surface area contributed by atoms with Crippen LogP contribution in [0.5, 0.6) is 11.6 Å². The van der Waals surface area contributed by atoms with Crippen molar-refractivity contribution in [3.8, 4) is 11.6 Å². The Labute approximate surface area is 244 Å². The topological polar surface area (TPSA) is 93.6 Å². The summed E-state index contributed by atoms with van der Waals surface area (Å²) < 4.78 is 80.8. The quantitative estimate of drug-likeness (QED) is 0.340. The molecule has 9 nitrogen and oxygen atoms in total. The minimum atomic E-state index is -4.68. The lowest BCUT2D eigenvalue weighted by molar-refractivity contribution is -0.0621. The molecule has 1 aromatic carbocycles. The number of nitrogens with zero attached hydrogens (tertiary/aromatic N) is 4. The summed E-state index contributed by atoms with van der Waals surface area (Å²) in [5, 5.41) is 5.50. The van der Waals surface area contributed by atoms with E-state index in [4.69, 9.17) is 25.3 Å². The molecule has 220 valence electrons. The Hall–Kier alpha value is -2.29. The molecule has 1 aromatic heterocycles. The maximum absolute atomic E-state index is 13.6. The van der Waals surface area contributed by atoms with E-state index in [2.05, 4.69) is 37.8 Å². The Morgan fingerprint density at radius 2 is 1.93 bits per heavy atom. The normalized spacial score (nSPS) is 23.8. The van der Waals surface area contributed by atoms with Crippen molar-refractivity contribution in [1.82, 2.24) is 4.98 Å². The van der Waals surface area contributed by atoms with Gasteiger partial charge in [-0.15, -0.1) is 0 Å². The first-order chi connectivity index (χ1) is 18.7. The molecule has 1 unspecified atom stereocenters. The van der Waals surface area contributed by atoms with Crippen LogP contribution in [0.25, 0.3) is 0 Å². The van der Waals surface area contributed by atoms with Crippen molar-refractivity contribution in [2.75, 3.05) is 43.0 Å². The van der Waals surface area contributed by atoms with E-state index < -0.39 is 40.6 Å². The second kappa shape index (κ2) is 11.9.